The van der Waals surface area contributed by atoms with Crippen LogP contribution in [0.1, 0.15) is 5.56 Å². The minimum atomic E-state index is -4.96. The zero-order valence-electron chi connectivity index (χ0n) is 17.3. The average molecular weight is 504 g/mol. The average Bonchev–Trinajstić information content (AvgIpc) is 3.14. The van der Waals surface area contributed by atoms with Crippen molar-refractivity contribution in [1.82, 2.24) is 15.0 Å². The van der Waals surface area contributed by atoms with E-state index in [-0.39, 0.29) is 46.8 Å². The van der Waals surface area contributed by atoms with Gasteiger partial charge in [-0.05, 0) is 24.3 Å². The molecule has 0 aliphatic heterocycles. The molecule has 4 aromatic rings. The number of hydrogen-bond acceptors (Lipinski definition) is 6. The van der Waals surface area contributed by atoms with Gasteiger partial charge in [0, 0.05) is 18.2 Å². The molecular weight excluding hydrogens is 493 g/mol. The van der Waals surface area contributed by atoms with Crippen LogP contribution in [-0.2, 0) is 11.0 Å². The fourth-order valence-electron chi connectivity index (χ4n) is 3.05. The quantitative estimate of drug-likeness (QED) is 0.290. The Balaban J connectivity index is 0.00000324. The normalized spacial score (nSPS) is 11.2. The van der Waals surface area contributed by atoms with Gasteiger partial charge in [0.1, 0.15) is 46.4 Å². The van der Waals surface area contributed by atoms with E-state index in [9.17, 15) is 27.5 Å². The molecule has 0 saturated heterocycles. The number of hydrogen-bond donors (Lipinski definition) is 0. The number of carboxylic acids is 1. The van der Waals surface area contributed by atoms with Gasteiger partial charge in [-0.15, -0.1) is 5.10 Å². The Morgan fingerprint density at radius 2 is 1.82 bits per heavy atom. The van der Waals surface area contributed by atoms with Crippen molar-refractivity contribution < 1.29 is 66.5 Å². The zero-order valence-corrected chi connectivity index (χ0v) is 20.0. The van der Waals surface area contributed by atoms with Gasteiger partial charge < -0.3 is 19.4 Å². The maximum atomic E-state index is 14.0. The predicted molar refractivity (Wildman–Crippen MR) is 106 cm³/mol. The van der Waals surface area contributed by atoms with Crippen molar-refractivity contribution in [3.63, 3.8) is 0 Å². The molecule has 170 valence electrons. The van der Waals surface area contributed by atoms with Crippen molar-refractivity contribution in [2.45, 2.75) is 6.18 Å². The monoisotopic (exact) mass is 503 g/mol. The maximum Gasteiger partial charge on any atom is 1.00 e. The molecule has 13 heteroatoms. The Hall–Kier alpha value is -2.86. The largest absolute Gasteiger partial charge is 1.00 e. The van der Waals surface area contributed by atoms with Crippen LogP contribution in [0.4, 0.5) is 17.6 Å². The first-order chi connectivity index (χ1) is 15.6. The van der Waals surface area contributed by atoms with Gasteiger partial charge in [0.05, 0.1) is 16.5 Å². The molecule has 0 radical (unpaired) electrons. The third kappa shape index (κ3) is 5.44. The van der Waals surface area contributed by atoms with Crippen molar-refractivity contribution >= 4 is 28.6 Å². The second kappa shape index (κ2) is 10.2. The molecule has 4 rings (SSSR count). The molecule has 0 saturated carbocycles. The van der Waals surface area contributed by atoms with Crippen LogP contribution in [0.25, 0.3) is 16.7 Å². The fraction of sp³-hybridized carbons (Fsp3) is 0.0952. The van der Waals surface area contributed by atoms with Crippen LogP contribution < -0.4 is 44.1 Å². The first kappa shape index (κ1) is 25.8. The molecule has 0 aliphatic carbocycles. The summed E-state index contributed by atoms with van der Waals surface area (Å²) in [7, 11) is 0. The van der Waals surface area contributed by atoms with Gasteiger partial charge in [0.15, 0.2) is 0 Å². The molecule has 1 heterocycles. The molecule has 0 unspecified atom stereocenters. The number of benzene rings is 3. The number of nitrogens with zero attached hydrogens (tertiary/aromatic N) is 3. The molecule has 0 atom stereocenters. The summed E-state index contributed by atoms with van der Waals surface area (Å²) in [6, 6.07) is 12.3. The van der Waals surface area contributed by atoms with E-state index in [2.05, 4.69) is 10.3 Å². The van der Waals surface area contributed by atoms with Crippen molar-refractivity contribution in [3.8, 4) is 22.9 Å². The van der Waals surface area contributed by atoms with Gasteiger partial charge in [-0.3, -0.25) is 0 Å². The number of halogens is 5. The topological polar surface area (TPSA) is 89.3 Å². The number of carbonyl (C=O) groups is 1. The van der Waals surface area contributed by atoms with Gasteiger partial charge in [0.2, 0.25) is 0 Å². The van der Waals surface area contributed by atoms with Crippen LogP contribution in [0, 0.1) is 5.82 Å². The Morgan fingerprint density at radius 1 is 1.09 bits per heavy atom. The third-order valence-electron chi connectivity index (χ3n) is 4.39. The smallest absolute Gasteiger partial charge is 0.546 e. The molecule has 0 bridgehead atoms. The van der Waals surface area contributed by atoms with E-state index in [0.717, 1.165) is 6.07 Å². The Kier molecular flexibility index (Phi) is 7.71. The fourth-order valence-corrected chi connectivity index (χ4v) is 3.35. The first-order valence-electron chi connectivity index (χ1n) is 9.15. The van der Waals surface area contributed by atoms with Crippen LogP contribution in [-0.4, -0.2) is 27.6 Å². The summed E-state index contributed by atoms with van der Waals surface area (Å²) in [6.07, 6.45) is -4.96. The summed E-state index contributed by atoms with van der Waals surface area (Å²) in [5.41, 5.74) is -0.395. The van der Waals surface area contributed by atoms with E-state index >= 15 is 0 Å². The second-order valence-electron chi connectivity index (χ2n) is 6.64. The van der Waals surface area contributed by atoms with Crippen molar-refractivity contribution in [2.24, 2.45) is 0 Å². The van der Waals surface area contributed by atoms with Crippen LogP contribution in [0.2, 0.25) is 5.02 Å². The number of rotatable bonds is 6. The number of alkyl halides is 3. The molecule has 0 spiro atoms. The van der Waals surface area contributed by atoms with Gasteiger partial charge in [-0.2, -0.15) is 13.2 Å². The number of aliphatic carboxylic acids is 1. The molecule has 34 heavy (non-hydrogen) atoms. The summed E-state index contributed by atoms with van der Waals surface area (Å²) in [5, 5.41) is 17.9. The van der Waals surface area contributed by atoms with Gasteiger partial charge in [-0.1, -0.05) is 28.9 Å². The molecule has 0 fully saturated rings. The predicted octanol–water partition coefficient (Wildman–Crippen LogP) is 1.16. The summed E-state index contributed by atoms with van der Waals surface area (Å²) >= 11 is 5.61. The number of carbonyl (C=O) groups excluding carboxylic acids is 1. The Morgan fingerprint density at radius 3 is 2.50 bits per heavy atom. The Labute approximate surface area is 216 Å². The Bertz CT molecular complexity index is 1340. The number of para-hydroxylation sites is 2. The molecule has 3 aromatic carbocycles. The SMILES string of the molecule is O=C([O-])COc1ccccc1-n1nnc2ccc(Oc3cc(F)c(C(F)(F)F)c(Cl)c3)cc21.[Na+]. The van der Waals surface area contributed by atoms with E-state index in [0.29, 0.717) is 22.8 Å². The van der Waals surface area contributed by atoms with E-state index in [1.807, 2.05) is 0 Å². The summed E-state index contributed by atoms with van der Waals surface area (Å²) in [4.78, 5) is 10.7. The molecule has 7 nitrogen and oxygen atoms in total. The molecule has 0 amide bonds. The summed E-state index contributed by atoms with van der Waals surface area (Å²) in [6.45, 7) is -0.682. The minimum Gasteiger partial charge on any atom is -0.546 e. The van der Waals surface area contributed by atoms with Crippen molar-refractivity contribution in [3.05, 3.63) is 71.0 Å². The van der Waals surface area contributed by atoms with Crippen molar-refractivity contribution in [2.75, 3.05) is 6.61 Å². The van der Waals surface area contributed by atoms with Crippen molar-refractivity contribution in [1.29, 1.82) is 0 Å². The van der Waals surface area contributed by atoms with Crippen LogP contribution in [0.3, 0.4) is 0 Å². The van der Waals surface area contributed by atoms with E-state index in [1.165, 1.54) is 28.9 Å². The number of aromatic nitrogens is 3. The summed E-state index contributed by atoms with van der Waals surface area (Å²) in [5.74, 6) is -2.91. The molecular formula is C21H11ClF4N3NaO4. The number of carboxylic acid groups (broad SMARTS) is 1. The molecule has 1 aromatic heterocycles. The van der Waals surface area contributed by atoms with Gasteiger partial charge in [-0.25, -0.2) is 9.07 Å². The maximum absolute atomic E-state index is 14.0. The number of ether oxygens (including phenoxy) is 2. The summed E-state index contributed by atoms with van der Waals surface area (Å²) < 4.78 is 64.8. The van der Waals surface area contributed by atoms with E-state index in [4.69, 9.17) is 21.1 Å². The van der Waals surface area contributed by atoms with E-state index < -0.39 is 35.2 Å². The second-order valence-corrected chi connectivity index (χ2v) is 7.05. The zero-order chi connectivity index (χ0) is 23.8. The van der Waals surface area contributed by atoms with E-state index in [1.54, 1.807) is 18.2 Å². The first-order valence-corrected chi connectivity index (χ1v) is 9.53. The van der Waals surface area contributed by atoms with Crippen LogP contribution >= 0.6 is 11.6 Å². The number of fused-ring (bicyclic) bond motifs is 1. The molecule has 0 aliphatic rings. The van der Waals surface area contributed by atoms with Gasteiger partial charge in [0.25, 0.3) is 0 Å². The minimum absolute atomic E-state index is 0. The van der Waals surface area contributed by atoms with Gasteiger partial charge >= 0.3 is 35.7 Å². The van der Waals surface area contributed by atoms with Crippen LogP contribution in [0.5, 0.6) is 17.2 Å². The third-order valence-corrected chi connectivity index (χ3v) is 4.69. The molecule has 0 N–H and O–H groups in total. The van der Waals surface area contributed by atoms with Crippen LogP contribution in [0.15, 0.2) is 54.6 Å². The standard InChI is InChI=1S/C21H12ClF4N3O4.Na/c22-13-7-12(8-14(23)20(13)21(24,25)26)33-11-5-6-15-17(9-11)29(28-27-15)16-3-1-2-4-18(16)32-10-19(30)31;/h1-9H,10H2,(H,30,31);/q;+1/p-1.